The predicted octanol–water partition coefficient (Wildman–Crippen LogP) is 3.16. The molecule has 1 fully saturated rings. The minimum atomic E-state index is -0.278. The molecule has 6 nitrogen and oxygen atoms in total. The van der Waals surface area contributed by atoms with Crippen molar-refractivity contribution in [3.05, 3.63) is 47.1 Å². The van der Waals surface area contributed by atoms with Gasteiger partial charge in [0.2, 0.25) is 5.88 Å². The molecule has 1 saturated heterocycles. The third kappa shape index (κ3) is 3.96. The summed E-state index contributed by atoms with van der Waals surface area (Å²) in [5.41, 5.74) is 1.01. The minimum Gasteiger partial charge on any atom is -0.495 e. The zero-order valence-corrected chi connectivity index (χ0v) is 13.9. The standard InChI is InChI=1S/C17H17ClN2O4/c1-22-15-4-3-12(8-14(15)18)20-17(21)11-2-5-16(19-9-11)24-13-6-7-23-10-13/h2-5,8-9,13H,6-7,10H2,1H3,(H,20,21)/t13-/m0/s1. The van der Waals surface area contributed by atoms with Crippen molar-refractivity contribution in [1.29, 1.82) is 0 Å². The number of halogens is 1. The van der Waals surface area contributed by atoms with Gasteiger partial charge >= 0.3 is 0 Å². The molecule has 7 heteroatoms. The molecule has 2 heterocycles. The molecule has 2 aromatic rings. The third-order valence-corrected chi connectivity index (χ3v) is 3.88. The first-order valence-corrected chi connectivity index (χ1v) is 7.89. The van der Waals surface area contributed by atoms with Crippen molar-refractivity contribution in [3.63, 3.8) is 0 Å². The van der Waals surface area contributed by atoms with Gasteiger partial charge in [0.05, 0.1) is 30.9 Å². The van der Waals surface area contributed by atoms with Crippen LogP contribution in [0, 0.1) is 0 Å². The van der Waals surface area contributed by atoms with E-state index in [2.05, 4.69) is 10.3 Å². The predicted molar refractivity (Wildman–Crippen MR) is 90.0 cm³/mol. The Bertz CT molecular complexity index is 715. The van der Waals surface area contributed by atoms with Crippen molar-refractivity contribution < 1.29 is 19.0 Å². The van der Waals surface area contributed by atoms with E-state index in [-0.39, 0.29) is 12.0 Å². The second kappa shape index (κ2) is 7.51. The molecule has 24 heavy (non-hydrogen) atoms. The fraction of sp³-hybridized carbons (Fsp3) is 0.294. The summed E-state index contributed by atoms with van der Waals surface area (Å²) in [4.78, 5) is 16.4. The van der Waals surface area contributed by atoms with Crippen LogP contribution >= 0.6 is 11.6 Å². The summed E-state index contributed by atoms with van der Waals surface area (Å²) in [7, 11) is 1.53. The van der Waals surface area contributed by atoms with Crippen molar-refractivity contribution in [2.24, 2.45) is 0 Å². The first-order valence-electron chi connectivity index (χ1n) is 7.51. The van der Waals surface area contributed by atoms with E-state index in [9.17, 15) is 4.79 Å². The van der Waals surface area contributed by atoms with Crippen LogP contribution < -0.4 is 14.8 Å². The van der Waals surface area contributed by atoms with Gasteiger partial charge in [0.25, 0.3) is 5.91 Å². The maximum atomic E-state index is 12.2. The van der Waals surface area contributed by atoms with Crippen LogP contribution in [-0.4, -0.2) is 37.3 Å². The molecule has 0 bridgehead atoms. The molecule has 0 unspecified atom stereocenters. The van der Waals surface area contributed by atoms with Gasteiger partial charge in [-0.3, -0.25) is 4.79 Å². The Morgan fingerprint density at radius 2 is 2.25 bits per heavy atom. The molecular formula is C17H17ClN2O4. The number of pyridine rings is 1. The van der Waals surface area contributed by atoms with Gasteiger partial charge in [-0.2, -0.15) is 0 Å². The number of benzene rings is 1. The van der Waals surface area contributed by atoms with Crippen LogP contribution in [0.1, 0.15) is 16.8 Å². The highest BCUT2D eigenvalue weighted by Crippen LogP contribution is 2.27. The zero-order valence-electron chi connectivity index (χ0n) is 13.1. The number of rotatable bonds is 5. The van der Waals surface area contributed by atoms with E-state index >= 15 is 0 Å². The Balaban J connectivity index is 1.63. The fourth-order valence-electron chi connectivity index (χ4n) is 2.31. The van der Waals surface area contributed by atoms with Gasteiger partial charge in [0.1, 0.15) is 11.9 Å². The van der Waals surface area contributed by atoms with Gasteiger partial charge in [0.15, 0.2) is 0 Å². The lowest BCUT2D eigenvalue weighted by Gasteiger charge is -2.11. The molecule has 1 aromatic carbocycles. The van der Waals surface area contributed by atoms with Gasteiger partial charge in [-0.15, -0.1) is 0 Å². The lowest BCUT2D eigenvalue weighted by atomic mass is 10.2. The summed E-state index contributed by atoms with van der Waals surface area (Å²) in [5, 5.41) is 3.19. The van der Waals surface area contributed by atoms with Gasteiger partial charge in [-0.25, -0.2) is 4.98 Å². The van der Waals surface area contributed by atoms with Crippen LogP contribution in [0.2, 0.25) is 5.02 Å². The Morgan fingerprint density at radius 1 is 1.38 bits per heavy atom. The van der Waals surface area contributed by atoms with E-state index in [0.29, 0.717) is 41.1 Å². The summed E-state index contributed by atoms with van der Waals surface area (Å²) in [5.74, 6) is 0.753. The van der Waals surface area contributed by atoms with Crippen LogP contribution in [0.15, 0.2) is 36.5 Å². The molecule has 1 amide bonds. The van der Waals surface area contributed by atoms with Crippen LogP contribution in [0.4, 0.5) is 5.69 Å². The SMILES string of the molecule is COc1ccc(NC(=O)c2ccc(O[C@H]3CCOC3)nc2)cc1Cl. The van der Waals surface area contributed by atoms with Gasteiger partial charge < -0.3 is 19.5 Å². The Hall–Kier alpha value is -2.31. The van der Waals surface area contributed by atoms with E-state index in [1.807, 2.05) is 0 Å². The number of hydrogen-bond donors (Lipinski definition) is 1. The molecule has 1 N–H and O–H groups in total. The molecule has 1 aliphatic rings. The number of ether oxygens (including phenoxy) is 3. The van der Waals surface area contributed by atoms with Gasteiger partial charge in [0, 0.05) is 24.4 Å². The topological polar surface area (TPSA) is 69.7 Å². The van der Waals surface area contributed by atoms with Gasteiger partial charge in [-0.05, 0) is 24.3 Å². The van der Waals surface area contributed by atoms with Gasteiger partial charge in [-0.1, -0.05) is 11.6 Å². The maximum absolute atomic E-state index is 12.2. The molecular weight excluding hydrogens is 332 g/mol. The lowest BCUT2D eigenvalue weighted by molar-refractivity contribution is 0.102. The first kappa shape index (κ1) is 16.5. The van der Waals surface area contributed by atoms with Crippen molar-refractivity contribution in [3.8, 4) is 11.6 Å². The average molecular weight is 349 g/mol. The lowest BCUT2D eigenvalue weighted by Crippen LogP contribution is -2.17. The molecule has 0 aliphatic carbocycles. The molecule has 0 spiro atoms. The largest absolute Gasteiger partial charge is 0.495 e. The summed E-state index contributed by atoms with van der Waals surface area (Å²) in [6.45, 7) is 1.28. The van der Waals surface area contributed by atoms with Crippen molar-refractivity contribution in [1.82, 2.24) is 4.98 Å². The molecule has 1 aromatic heterocycles. The summed E-state index contributed by atoms with van der Waals surface area (Å²) < 4.78 is 16.0. The molecule has 3 rings (SSSR count). The molecule has 0 radical (unpaired) electrons. The molecule has 1 aliphatic heterocycles. The quantitative estimate of drug-likeness (QED) is 0.898. The average Bonchev–Trinajstić information content (AvgIpc) is 3.08. The van der Waals surface area contributed by atoms with Crippen LogP contribution in [0.25, 0.3) is 0 Å². The maximum Gasteiger partial charge on any atom is 0.257 e. The van der Waals surface area contributed by atoms with E-state index < -0.39 is 0 Å². The third-order valence-electron chi connectivity index (χ3n) is 3.58. The number of hydrogen-bond acceptors (Lipinski definition) is 5. The Kier molecular flexibility index (Phi) is 5.17. The Morgan fingerprint density at radius 3 is 2.88 bits per heavy atom. The summed E-state index contributed by atoms with van der Waals surface area (Å²) in [6, 6.07) is 8.38. The number of aromatic nitrogens is 1. The number of anilines is 1. The second-order valence-corrected chi connectivity index (χ2v) is 5.70. The minimum absolute atomic E-state index is 0.0265. The summed E-state index contributed by atoms with van der Waals surface area (Å²) in [6.07, 6.45) is 2.35. The van der Waals surface area contributed by atoms with Crippen LogP contribution in [0.3, 0.4) is 0 Å². The highest BCUT2D eigenvalue weighted by atomic mass is 35.5. The number of nitrogens with zero attached hydrogens (tertiary/aromatic N) is 1. The number of carbonyl (C=O) groups excluding carboxylic acids is 1. The van der Waals surface area contributed by atoms with E-state index in [1.54, 1.807) is 30.3 Å². The first-order chi connectivity index (χ1) is 11.7. The second-order valence-electron chi connectivity index (χ2n) is 5.29. The number of amides is 1. The van der Waals surface area contributed by atoms with Crippen molar-refractivity contribution in [2.45, 2.75) is 12.5 Å². The fourth-order valence-corrected chi connectivity index (χ4v) is 2.57. The van der Waals surface area contributed by atoms with Crippen molar-refractivity contribution >= 4 is 23.2 Å². The monoisotopic (exact) mass is 348 g/mol. The zero-order chi connectivity index (χ0) is 16.9. The normalized spacial score (nSPS) is 16.7. The highest BCUT2D eigenvalue weighted by Gasteiger charge is 2.18. The van der Waals surface area contributed by atoms with Crippen LogP contribution in [0.5, 0.6) is 11.6 Å². The molecule has 126 valence electrons. The Labute approximate surface area is 144 Å². The highest BCUT2D eigenvalue weighted by molar-refractivity contribution is 6.32. The van der Waals surface area contributed by atoms with E-state index in [0.717, 1.165) is 6.42 Å². The number of nitrogens with one attached hydrogen (secondary N) is 1. The van der Waals surface area contributed by atoms with E-state index in [1.165, 1.54) is 13.3 Å². The van der Waals surface area contributed by atoms with E-state index in [4.69, 9.17) is 25.8 Å². The van der Waals surface area contributed by atoms with Crippen LogP contribution in [-0.2, 0) is 4.74 Å². The number of carbonyl (C=O) groups is 1. The smallest absolute Gasteiger partial charge is 0.257 e. The summed E-state index contributed by atoms with van der Waals surface area (Å²) >= 11 is 6.05. The van der Waals surface area contributed by atoms with Crippen molar-refractivity contribution in [2.75, 3.05) is 25.6 Å². The molecule has 0 saturated carbocycles. The molecule has 1 atom stereocenters. The number of methoxy groups -OCH3 is 1.